The van der Waals surface area contributed by atoms with E-state index >= 15 is 0 Å². The largest absolute Gasteiger partial charge is 0.397 e. The number of carbonyl (C=O) groups is 2. The average Bonchev–Trinajstić information content (AvgIpc) is 3.52. The number of aromatic nitrogens is 3. The van der Waals surface area contributed by atoms with E-state index in [9.17, 15) is 14.4 Å². The zero-order valence-corrected chi connectivity index (χ0v) is 29.4. The lowest BCUT2D eigenvalue weighted by Crippen LogP contribution is -2.63. The number of piperidine rings is 4. The van der Waals surface area contributed by atoms with Crippen molar-refractivity contribution in [2.24, 2.45) is 5.92 Å². The number of pyridine rings is 1. The van der Waals surface area contributed by atoms with Crippen molar-refractivity contribution in [3.63, 3.8) is 0 Å². The average molecular weight is 710 g/mol. The highest BCUT2D eigenvalue weighted by atomic mass is 35.5. The number of nitrogens with one attached hydrogen (secondary N) is 2. The molecular weight excluding hydrogens is 666 g/mol. The Bertz CT molecular complexity index is 2060. The van der Waals surface area contributed by atoms with Gasteiger partial charge < -0.3 is 30.7 Å². The third-order valence-corrected chi connectivity index (χ3v) is 12.0. The molecule has 7 heterocycles. The predicted octanol–water partition coefficient (Wildman–Crippen LogP) is 3.29. The van der Waals surface area contributed by atoms with Crippen LogP contribution in [0.2, 0.25) is 5.02 Å². The number of H-pyrrole nitrogens is 1. The zero-order valence-electron chi connectivity index (χ0n) is 28.7. The topological polar surface area (TPSA) is 136 Å². The third-order valence-electron chi connectivity index (χ3n) is 11.7. The number of hydrogen-bond donors (Lipinski definition) is 3. The molecule has 3 amide bonds. The molecule has 4 N–H and O–H groups in total. The van der Waals surface area contributed by atoms with Gasteiger partial charge in [0.15, 0.2) is 0 Å². The minimum absolute atomic E-state index is 0.0951. The summed E-state index contributed by atoms with van der Waals surface area (Å²) >= 11 is 6.43. The van der Waals surface area contributed by atoms with Gasteiger partial charge in [-0.3, -0.25) is 19.2 Å². The van der Waals surface area contributed by atoms with Crippen LogP contribution in [0.25, 0.3) is 21.9 Å². The molecule has 5 aliphatic rings. The molecule has 0 aliphatic carbocycles. The summed E-state index contributed by atoms with van der Waals surface area (Å²) in [6, 6.07) is 10.6. The number of terminal acetylenes is 1. The van der Waals surface area contributed by atoms with Crippen LogP contribution in [0.4, 0.5) is 10.5 Å². The van der Waals surface area contributed by atoms with Crippen LogP contribution in [0.3, 0.4) is 0 Å². The first-order valence-corrected chi connectivity index (χ1v) is 18.5. The van der Waals surface area contributed by atoms with E-state index in [1.165, 1.54) is 25.9 Å². The summed E-state index contributed by atoms with van der Waals surface area (Å²) in [4.78, 5) is 57.6. The monoisotopic (exact) mass is 709 g/mol. The van der Waals surface area contributed by atoms with Gasteiger partial charge in [0.05, 0.1) is 33.5 Å². The summed E-state index contributed by atoms with van der Waals surface area (Å²) in [6.45, 7) is 7.26. The van der Waals surface area contributed by atoms with Gasteiger partial charge in [0.2, 0.25) is 5.91 Å². The van der Waals surface area contributed by atoms with Crippen LogP contribution in [0.15, 0.2) is 47.4 Å². The fourth-order valence-corrected chi connectivity index (χ4v) is 9.08. The van der Waals surface area contributed by atoms with Crippen molar-refractivity contribution >= 4 is 51.2 Å². The maximum absolute atomic E-state index is 14.2. The smallest absolute Gasteiger partial charge is 0.326 e. The standard InChI is InChI=1S/C38H44ClN9O3/c1-2-25-19-24(20-29(39)34(25)40)21-31(36(49)46-17-15-45(16-18-46)33-23-44-11-7-26(33)8-12-44)42-37(50)47-13-9-27(10-14-47)48-32-22-41-30-6-4-3-5-28(30)35(32)43-38(48)51/h1,3-6,19-20,22,26-27,31,33H,7-18,21,23,40H2,(H,42,50)(H,43,51)/t31-,33?/m1/s1. The lowest BCUT2D eigenvalue weighted by Gasteiger charge is -2.51. The van der Waals surface area contributed by atoms with E-state index in [4.69, 9.17) is 23.8 Å². The highest BCUT2D eigenvalue weighted by Crippen LogP contribution is 2.32. The molecule has 2 aromatic heterocycles. The molecular formula is C38H44ClN9O3. The molecule has 12 nitrogen and oxygen atoms in total. The molecule has 5 aliphatic heterocycles. The summed E-state index contributed by atoms with van der Waals surface area (Å²) < 4.78 is 1.78. The number of anilines is 1. The molecule has 51 heavy (non-hydrogen) atoms. The van der Waals surface area contributed by atoms with Crippen molar-refractivity contribution < 1.29 is 9.59 Å². The number of nitrogens with two attached hydrogens (primary N) is 1. The van der Waals surface area contributed by atoms with E-state index in [0.717, 1.165) is 53.1 Å². The normalized spacial score (nSPS) is 23.4. The van der Waals surface area contributed by atoms with E-state index in [2.05, 4.69) is 31.0 Å². The van der Waals surface area contributed by atoms with Gasteiger partial charge in [-0.15, -0.1) is 6.42 Å². The van der Waals surface area contributed by atoms with Gasteiger partial charge >= 0.3 is 11.7 Å². The molecule has 266 valence electrons. The van der Waals surface area contributed by atoms with Gasteiger partial charge in [-0.2, -0.15) is 0 Å². The highest BCUT2D eigenvalue weighted by molar-refractivity contribution is 6.33. The number of para-hydroxylation sites is 1. The lowest BCUT2D eigenvalue weighted by atomic mass is 9.83. The van der Waals surface area contributed by atoms with Crippen molar-refractivity contribution in [1.29, 1.82) is 0 Å². The number of imidazole rings is 1. The Hall–Kier alpha value is -4.57. The SMILES string of the molecule is C#Cc1cc(C[C@@H](NC(=O)N2CCC(n3c(=O)[nH]c4c5ccccc5ncc43)CC2)C(=O)N2CCN(C3CN4CCC3CC4)CC2)cc(Cl)c1N. The summed E-state index contributed by atoms with van der Waals surface area (Å²) in [5, 5.41) is 4.30. The summed E-state index contributed by atoms with van der Waals surface area (Å²) in [7, 11) is 0. The fourth-order valence-electron chi connectivity index (χ4n) is 8.84. The number of fused-ring (bicyclic) bond motifs is 6. The Morgan fingerprint density at radius 1 is 1.02 bits per heavy atom. The van der Waals surface area contributed by atoms with E-state index < -0.39 is 6.04 Å². The number of rotatable bonds is 6. The van der Waals surface area contributed by atoms with Crippen molar-refractivity contribution in [2.45, 2.75) is 50.2 Å². The predicted molar refractivity (Wildman–Crippen MR) is 199 cm³/mol. The molecule has 0 spiro atoms. The lowest BCUT2D eigenvalue weighted by molar-refractivity contribution is -0.136. The molecule has 2 atom stereocenters. The second-order valence-electron chi connectivity index (χ2n) is 14.5. The Kier molecular flexibility index (Phi) is 9.12. The van der Waals surface area contributed by atoms with Gasteiger partial charge in [0.25, 0.3) is 0 Å². The van der Waals surface area contributed by atoms with Gasteiger partial charge in [-0.05, 0) is 68.5 Å². The summed E-state index contributed by atoms with van der Waals surface area (Å²) in [6.07, 6.45) is 11.4. The Balaban J connectivity index is 0.961. The number of piperazine rings is 1. The van der Waals surface area contributed by atoms with Crippen LogP contribution in [-0.4, -0.2) is 117 Å². The number of nitrogen functional groups attached to an aromatic ring is 1. The molecule has 5 saturated heterocycles. The molecule has 9 rings (SSSR count). The Morgan fingerprint density at radius 3 is 2.47 bits per heavy atom. The number of nitrogens with zero attached hydrogens (tertiary/aromatic N) is 6. The highest BCUT2D eigenvalue weighted by Gasteiger charge is 2.39. The molecule has 2 bridgehead atoms. The number of urea groups is 1. The molecule has 0 saturated carbocycles. The number of amides is 3. The maximum Gasteiger partial charge on any atom is 0.326 e. The number of aromatic amines is 1. The Labute approximate surface area is 301 Å². The first-order valence-electron chi connectivity index (χ1n) is 18.1. The second kappa shape index (κ2) is 13.9. The molecule has 5 fully saturated rings. The molecule has 0 radical (unpaired) electrons. The van der Waals surface area contributed by atoms with Gasteiger partial charge in [0.1, 0.15) is 6.04 Å². The Morgan fingerprint density at radius 2 is 1.76 bits per heavy atom. The van der Waals surface area contributed by atoms with Gasteiger partial charge in [0, 0.05) is 75.3 Å². The number of likely N-dealkylation sites (tertiary alicyclic amines) is 1. The van der Waals surface area contributed by atoms with E-state index in [0.29, 0.717) is 61.3 Å². The number of carbonyl (C=O) groups excluding carboxylic acids is 2. The van der Waals surface area contributed by atoms with Crippen LogP contribution < -0.4 is 16.7 Å². The molecule has 4 aromatic rings. The van der Waals surface area contributed by atoms with Crippen molar-refractivity contribution in [2.75, 3.05) is 64.6 Å². The van der Waals surface area contributed by atoms with E-state index in [1.54, 1.807) is 27.8 Å². The van der Waals surface area contributed by atoms with Gasteiger partial charge in [-0.25, -0.2) is 9.59 Å². The van der Waals surface area contributed by atoms with Gasteiger partial charge in [-0.1, -0.05) is 35.7 Å². The van der Waals surface area contributed by atoms with Crippen LogP contribution >= 0.6 is 11.6 Å². The molecule has 1 unspecified atom stereocenters. The van der Waals surface area contributed by atoms with Crippen LogP contribution in [0.1, 0.15) is 42.9 Å². The zero-order chi connectivity index (χ0) is 35.2. The summed E-state index contributed by atoms with van der Waals surface area (Å²) in [5.41, 5.74) is 9.77. The number of benzene rings is 2. The van der Waals surface area contributed by atoms with Crippen molar-refractivity contribution in [1.82, 2.24) is 39.5 Å². The third kappa shape index (κ3) is 6.43. The minimum Gasteiger partial charge on any atom is -0.397 e. The van der Waals surface area contributed by atoms with E-state index in [-0.39, 0.29) is 30.1 Å². The van der Waals surface area contributed by atoms with Crippen LogP contribution in [0.5, 0.6) is 0 Å². The first-order chi connectivity index (χ1) is 24.8. The molecule has 13 heteroatoms. The van der Waals surface area contributed by atoms with E-state index in [1.807, 2.05) is 29.2 Å². The first kappa shape index (κ1) is 33.6. The van der Waals surface area contributed by atoms with Crippen molar-refractivity contribution in [3.05, 3.63) is 69.2 Å². The number of halogens is 1. The minimum atomic E-state index is -0.820. The summed E-state index contributed by atoms with van der Waals surface area (Å²) in [5.74, 6) is 3.20. The molecule has 2 aromatic carbocycles. The van der Waals surface area contributed by atoms with Crippen LogP contribution in [-0.2, 0) is 11.2 Å². The second-order valence-corrected chi connectivity index (χ2v) is 14.9. The van der Waals surface area contributed by atoms with Crippen LogP contribution in [0, 0.1) is 18.3 Å². The fraction of sp³-hybridized carbons (Fsp3) is 0.474. The van der Waals surface area contributed by atoms with Crippen molar-refractivity contribution in [3.8, 4) is 12.3 Å². The quantitative estimate of drug-likeness (QED) is 0.207. The maximum atomic E-state index is 14.2. The number of hydrogen-bond acceptors (Lipinski definition) is 7.